The highest BCUT2D eigenvalue weighted by Crippen LogP contribution is 2.30. The monoisotopic (exact) mass is 350 g/mol. The number of carbonyl (C=O) groups is 1. The third-order valence-corrected chi connectivity index (χ3v) is 3.01. The first-order valence-corrected chi connectivity index (χ1v) is 6.78. The van der Waals surface area contributed by atoms with Crippen molar-refractivity contribution in [3.05, 3.63) is 54.2 Å². The molecule has 2 N–H and O–H groups in total. The normalized spacial score (nSPS) is 11.3. The summed E-state index contributed by atoms with van der Waals surface area (Å²) in [5.41, 5.74) is 5.46. The highest BCUT2D eigenvalue weighted by Gasteiger charge is 2.38. The van der Waals surface area contributed by atoms with E-state index in [9.17, 15) is 18.0 Å². The molecule has 0 spiro atoms. The lowest BCUT2D eigenvalue weighted by Gasteiger charge is -2.08. The maximum atomic E-state index is 12.5. The Labute approximate surface area is 138 Å². The van der Waals surface area contributed by atoms with Crippen LogP contribution in [0.5, 0.6) is 11.5 Å². The molecule has 3 rings (SSSR count). The van der Waals surface area contributed by atoms with Crippen molar-refractivity contribution in [1.82, 2.24) is 15.1 Å². The molecule has 0 unspecified atom stereocenters. The average Bonchev–Trinajstić information content (AvgIpc) is 3.06. The van der Waals surface area contributed by atoms with Gasteiger partial charge in [0.1, 0.15) is 5.75 Å². The van der Waals surface area contributed by atoms with E-state index in [1.54, 1.807) is 6.07 Å². The van der Waals surface area contributed by atoms with Crippen LogP contribution < -0.4 is 10.5 Å². The van der Waals surface area contributed by atoms with E-state index in [2.05, 4.69) is 19.6 Å². The second-order valence-corrected chi connectivity index (χ2v) is 4.76. The molecule has 0 saturated carbocycles. The van der Waals surface area contributed by atoms with Gasteiger partial charge in [-0.2, -0.15) is 18.2 Å². The maximum absolute atomic E-state index is 12.5. The molecule has 25 heavy (non-hydrogen) atoms. The summed E-state index contributed by atoms with van der Waals surface area (Å²) < 4.78 is 47.1. The predicted molar refractivity (Wildman–Crippen MR) is 77.6 cm³/mol. The molecule has 0 radical (unpaired) electrons. The van der Waals surface area contributed by atoms with Gasteiger partial charge in [-0.15, -0.1) is 0 Å². The van der Waals surface area contributed by atoms with Gasteiger partial charge in [-0.1, -0.05) is 5.16 Å². The molecule has 7 nitrogen and oxygen atoms in total. The largest absolute Gasteiger partial charge is 0.471 e. The molecule has 0 atom stereocenters. The molecular formula is C15H9F3N4O3. The zero-order valence-electron chi connectivity index (χ0n) is 12.3. The fourth-order valence-electron chi connectivity index (χ4n) is 1.91. The van der Waals surface area contributed by atoms with Gasteiger partial charge in [0.05, 0.1) is 0 Å². The number of nitrogens with two attached hydrogens (primary N) is 1. The molecule has 1 aromatic carbocycles. The SMILES string of the molecule is NC(=O)c1ncccc1Oc1ccc(-c2noc(C(F)(F)F)n2)cc1. The molecular weight excluding hydrogens is 341 g/mol. The van der Waals surface area contributed by atoms with E-state index in [0.717, 1.165) is 0 Å². The standard InChI is InChI=1S/C15H9F3N4O3/c16-15(17,18)14-21-13(22-25-14)8-3-5-9(6-4-8)24-10-2-1-7-20-11(10)12(19)23/h1-7H,(H2,19,23). The molecule has 0 aliphatic heterocycles. The van der Waals surface area contributed by atoms with Crippen LogP contribution >= 0.6 is 0 Å². The Balaban J connectivity index is 1.82. The zero-order chi connectivity index (χ0) is 18.0. The van der Waals surface area contributed by atoms with Gasteiger partial charge in [0.2, 0.25) is 5.82 Å². The van der Waals surface area contributed by atoms with Gasteiger partial charge in [-0.25, -0.2) is 4.98 Å². The van der Waals surface area contributed by atoms with Crippen LogP contribution in [0.1, 0.15) is 16.4 Å². The van der Waals surface area contributed by atoms with Crippen molar-refractivity contribution in [2.75, 3.05) is 0 Å². The molecule has 0 bridgehead atoms. The van der Waals surface area contributed by atoms with Crippen LogP contribution in [0.25, 0.3) is 11.4 Å². The molecule has 128 valence electrons. The van der Waals surface area contributed by atoms with Crippen molar-refractivity contribution in [3.63, 3.8) is 0 Å². The van der Waals surface area contributed by atoms with Gasteiger partial charge in [0, 0.05) is 11.8 Å². The van der Waals surface area contributed by atoms with Crippen LogP contribution in [0, 0.1) is 0 Å². The maximum Gasteiger partial charge on any atom is 0.471 e. The highest BCUT2D eigenvalue weighted by molar-refractivity contribution is 5.93. The third kappa shape index (κ3) is 3.57. The first-order chi connectivity index (χ1) is 11.8. The Morgan fingerprint density at radius 1 is 1.16 bits per heavy atom. The second-order valence-electron chi connectivity index (χ2n) is 4.76. The molecule has 10 heteroatoms. The number of aromatic nitrogens is 3. The number of nitrogens with zero attached hydrogens (tertiary/aromatic N) is 3. The second kappa shape index (κ2) is 6.23. The van der Waals surface area contributed by atoms with Crippen molar-refractivity contribution in [2.45, 2.75) is 6.18 Å². The van der Waals surface area contributed by atoms with E-state index >= 15 is 0 Å². The lowest BCUT2D eigenvalue weighted by atomic mass is 10.2. The quantitative estimate of drug-likeness (QED) is 0.775. The molecule has 1 amide bonds. The number of pyridine rings is 1. The minimum Gasteiger partial charge on any atom is -0.455 e. The number of hydrogen-bond acceptors (Lipinski definition) is 6. The fraction of sp³-hybridized carbons (Fsp3) is 0.0667. The molecule has 0 aliphatic carbocycles. The summed E-state index contributed by atoms with van der Waals surface area (Å²) in [6.07, 6.45) is -3.32. The summed E-state index contributed by atoms with van der Waals surface area (Å²) in [5, 5.41) is 3.29. The van der Waals surface area contributed by atoms with Gasteiger partial charge in [0.15, 0.2) is 11.4 Å². The Bertz CT molecular complexity index is 907. The van der Waals surface area contributed by atoms with E-state index in [1.165, 1.54) is 36.5 Å². The van der Waals surface area contributed by atoms with Crippen molar-refractivity contribution < 1.29 is 27.2 Å². The number of amides is 1. The first-order valence-electron chi connectivity index (χ1n) is 6.78. The summed E-state index contributed by atoms with van der Waals surface area (Å²) >= 11 is 0. The van der Waals surface area contributed by atoms with Gasteiger partial charge in [0.25, 0.3) is 5.91 Å². The van der Waals surface area contributed by atoms with E-state index in [-0.39, 0.29) is 17.3 Å². The van der Waals surface area contributed by atoms with Crippen LogP contribution in [0.2, 0.25) is 0 Å². The number of ether oxygens (including phenoxy) is 1. The van der Waals surface area contributed by atoms with Crippen molar-refractivity contribution >= 4 is 5.91 Å². The first kappa shape index (κ1) is 16.4. The summed E-state index contributed by atoms with van der Waals surface area (Å²) in [4.78, 5) is 18.4. The minimum absolute atomic E-state index is 0.0421. The summed E-state index contributed by atoms with van der Waals surface area (Å²) in [6.45, 7) is 0. The summed E-state index contributed by atoms with van der Waals surface area (Å²) in [7, 11) is 0. The fourth-order valence-corrected chi connectivity index (χ4v) is 1.91. The van der Waals surface area contributed by atoms with Gasteiger partial charge >= 0.3 is 12.1 Å². The number of primary amides is 1. The van der Waals surface area contributed by atoms with E-state index in [0.29, 0.717) is 11.3 Å². The van der Waals surface area contributed by atoms with Crippen LogP contribution in [-0.2, 0) is 6.18 Å². The predicted octanol–water partition coefficient (Wildman–Crippen LogP) is 3.04. The number of carbonyl (C=O) groups excluding carboxylic acids is 1. The Hall–Kier alpha value is -3.43. The molecule has 3 aromatic rings. The van der Waals surface area contributed by atoms with E-state index < -0.39 is 18.0 Å². The van der Waals surface area contributed by atoms with Gasteiger partial charge < -0.3 is 15.0 Å². The molecule has 2 aromatic heterocycles. The number of benzene rings is 1. The Kier molecular flexibility index (Phi) is 4.09. The number of alkyl halides is 3. The van der Waals surface area contributed by atoms with Crippen LogP contribution in [0.3, 0.4) is 0 Å². The lowest BCUT2D eigenvalue weighted by molar-refractivity contribution is -0.159. The summed E-state index contributed by atoms with van der Waals surface area (Å²) in [5.74, 6) is -1.92. The Morgan fingerprint density at radius 2 is 1.88 bits per heavy atom. The summed E-state index contributed by atoms with van der Waals surface area (Å²) in [6, 6.07) is 8.90. The van der Waals surface area contributed by atoms with Gasteiger partial charge in [-0.05, 0) is 36.4 Å². The number of hydrogen-bond donors (Lipinski definition) is 1. The molecule has 0 fully saturated rings. The average molecular weight is 350 g/mol. The van der Waals surface area contributed by atoms with Crippen molar-refractivity contribution in [3.8, 4) is 22.9 Å². The lowest BCUT2D eigenvalue weighted by Crippen LogP contribution is -2.14. The molecule has 0 aliphatic rings. The zero-order valence-corrected chi connectivity index (χ0v) is 12.3. The molecule has 2 heterocycles. The highest BCUT2D eigenvalue weighted by atomic mass is 19.4. The van der Waals surface area contributed by atoms with Crippen molar-refractivity contribution in [2.24, 2.45) is 5.73 Å². The topological polar surface area (TPSA) is 104 Å². The number of halogens is 3. The van der Waals surface area contributed by atoms with Gasteiger partial charge in [-0.3, -0.25) is 4.79 Å². The van der Waals surface area contributed by atoms with E-state index in [1.807, 2.05) is 0 Å². The molecule has 0 saturated heterocycles. The van der Waals surface area contributed by atoms with Crippen molar-refractivity contribution in [1.29, 1.82) is 0 Å². The van der Waals surface area contributed by atoms with Crippen LogP contribution in [0.15, 0.2) is 47.1 Å². The van der Waals surface area contributed by atoms with Crippen LogP contribution in [0.4, 0.5) is 13.2 Å². The third-order valence-electron chi connectivity index (χ3n) is 3.01. The smallest absolute Gasteiger partial charge is 0.455 e. The number of rotatable bonds is 4. The Morgan fingerprint density at radius 3 is 2.48 bits per heavy atom. The van der Waals surface area contributed by atoms with Crippen LogP contribution in [-0.4, -0.2) is 21.0 Å². The van der Waals surface area contributed by atoms with E-state index in [4.69, 9.17) is 10.5 Å². The minimum atomic E-state index is -4.71.